The van der Waals surface area contributed by atoms with Crippen LogP contribution in [0.5, 0.6) is 0 Å². The number of pyridine rings is 1. The Morgan fingerprint density at radius 2 is 1.74 bits per heavy atom. The predicted molar refractivity (Wildman–Crippen MR) is 69.3 cm³/mol. The lowest BCUT2D eigenvalue weighted by Crippen LogP contribution is -2.23. The van der Waals surface area contributed by atoms with Crippen molar-refractivity contribution in [3.63, 3.8) is 0 Å². The average Bonchev–Trinajstić information content (AvgIpc) is 2.38. The molecule has 1 aromatic heterocycles. The monoisotopic (exact) mass is 273 g/mol. The summed E-state index contributed by atoms with van der Waals surface area (Å²) < 4.78 is 38.3. The second-order valence-corrected chi connectivity index (χ2v) is 4.85. The molecule has 19 heavy (non-hydrogen) atoms. The first kappa shape index (κ1) is 14.0. The van der Waals surface area contributed by atoms with E-state index in [0.29, 0.717) is 5.82 Å². The molecule has 0 bridgehead atoms. The first-order chi connectivity index (χ1) is 8.99. The van der Waals surface area contributed by atoms with E-state index in [9.17, 15) is 13.2 Å². The molecule has 0 aliphatic heterocycles. The van der Waals surface area contributed by atoms with Gasteiger partial charge in [0, 0.05) is 13.1 Å². The van der Waals surface area contributed by atoms with Crippen molar-refractivity contribution >= 4 is 11.6 Å². The Hall–Kier alpha value is -1.46. The highest BCUT2D eigenvalue weighted by Gasteiger charge is 2.31. The average molecular weight is 273 g/mol. The van der Waals surface area contributed by atoms with Crippen molar-refractivity contribution in [2.45, 2.75) is 44.3 Å². The molecule has 0 unspecified atom stereocenters. The largest absolute Gasteiger partial charge is 0.416 e. The minimum atomic E-state index is -4.35. The van der Waals surface area contributed by atoms with E-state index in [1.54, 1.807) is 7.05 Å². The fourth-order valence-electron chi connectivity index (χ4n) is 2.35. The van der Waals surface area contributed by atoms with Gasteiger partial charge in [0.2, 0.25) is 0 Å². The Morgan fingerprint density at radius 3 is 2.32 bits per heavy atom. The summed E-state index contributed by atoms with van der Waals surface area (Å²) in [7, 11) is 1.56. The van der Waals surface area contributed by atoms with Crippen molar-refractivity contribution in [2.24, 2.45) is 0 Å². The number of nitrogens with one attached hydrogen (secondary N) is 2. The van der Waals surface area contributed by atoms with Crippen LogP contribution in [0.1, 0.15) is 37.7 Å². The van der Waals surface area contributed by atoms with Gasteiger partial charge in [-0.05, 0) is 25.0 Å². The summed E-state index contributed by atoms with van der Waals surface area (Å²) in [5.41, 5.74) is -0.676. The second kappa shape index (κ2) is 5.67. The summed E-state index contributed by atoms with van der Waals surface area (Å²) in [6, 6.07) is 2.33. The van der Waals surface area contributed by atoms with Gasteiger partial charge in [0.05, 0.1) is 5.56 Å². The van der Waals surface area contributed by atoms with E-state index in [1.807, 2.05) is 0 Å². The lowest BCUT2D eigenvalue weighted by atomic mass is 9.95. The normalized spacial score (nSPS) is 17.3. The Labute approximate surface area is 110 Å². The van der Waals surface area contributed by atoms with Crippen LogP contribution in [0, 0.1) is 0 Å². The van der Waals surface area contributed by atoms with Crippen molar-refractivity contribution in [1.82, 2.24) is 4.98 Å². The van der Waals surface area contributed by atoms with Crippen LogP contribution in [0.4, 0.5) is 24.8 Å². The van der Waals surface area contributed by atoms with E-state index >= 15 is 0 Å². The van der Waals surface area contributed by atoms with E-state index in [4.69, 9.17) is 0 Å². The van der Waals surface area contributed by atoms with Crippen LogP contribution >= 0.6 is 0 Å². The number of alkyl halides is 3. The lowest BCUT2D eigenvalue weighted by Gasteiger charge is -2.24. The van der Waals surface area contributed by atoms with Crippen molar-refractivity contribution in [3.05, 3.63) is 17.7 Å². The van der Waals surface area contributed by atoms with Gasteiger partial charge in [0.1, 0.15) is 11.6 Å². The number of nitrogens with zero attached hydrogens (tertiary/aromatic N) is 1. The van der Waals surface area contributed by atoms with Crippen LogP contribution in [0.3, 0.4) is 0 Å². The van der Waals surface area contributed by atoms with Gasteiger partial charge in [0.15, 0.2) is 0 Å². The molecule has 1 aliphatic rings. The van der Waals surface area contributed by atoms with Gasteiger partial charge < -0.3 is 10.6 Å². The van der Waals surface area contributed by atoms with Gasteiger partial charge in [-0.2, -0.15) is 13.2 Å². The maximum atomic E-state index is 12.8. The quantitative estimate of drug-likeness (QED) is 0.877. The molecule has 1 aliphatic carbocycles. The highest BCUT2D eigenvalue weighted by atomic mass is 19.4. The minimum absolute atomic E-state index is 0.230. The fourth-order valence-corrected chi connectivity index (χ4v) is 2.35. The van der Waals surface area contributed by atoms with Gasteiger partial charge >= 0.3 is 6.18 Å². The number of halogens is 3. The predicted octanol–water partition coefficient (Wildman–Crippen LogP) is 3.89. The SMILES string of the molecule is CNc1cc(C(F)(F)F)cc(NC2CCCCC2)n1. The molecule has 0 spiro atoms. The van der Waals surface area contributed by atoms with E-state index in [1.165, 1.54) is 6.42 Å². The van der Waals surface area contributed by atoms with Gasteiger partial charge in [-0.15, -0.1) is 0 Å². The molecule has 106 valence electrons. The number of rotatable bonds is 3. The molecular weight excluding hydrogens is 255 g/mol. The van der Waals surface area contributed by atoms with E-state index in [2.05, 4.69) is 15.6 Å². The Bertz CT molecular complexity index is 426. The minimum Gasteiger partial charge on any atom is -0.373 e. The third kappa shape index (κ3) is 3.75. The molecule has 1 aromatic rings. The van der Waals surface area contributed by atoms with Crippen molar-refractivity contribution in [1.29, 1.82) is 0 Å². The van der Waals surface area contributed by atoms with Gasteiger partial charge in [0.25, 0.3) is 0 Å². The van der Waals surface area contributed by atoms with Gasteiger partial charge in [-0.3, -0.25) is 0 Å². The molecule has 6 heteroatoms. The molecular formula is C13H18F3N3. The first-order valence-corrected chi connectivity index (χ1v) is 6.52. The van der Waals surface area contributed by atoms with E-state index < -0.39 is 11.7 Å². The van der Waals surface area contributed by atoms with Crippen LogP contribution in [0.25, 0.3) is 0 Å². The zero-order valence-corrected chi connectivity index (χ0v) is 10.8. The lowest BCUT2D eigenvalue weighted by molar-refractivity contribution is -0.137. The van der Waals surface area contributed by atoms with Crippen LogP contribution < -0.4 is 10.6 Å². The molecule has 1 fully saturated rings. The third-order valence-electron chi connectivity index (χ3n) is 3.37. The smallest absolute Gasteiger partial charge is 0.373 e. The molecule has 0 aromatic carbocycles. The fraction of sp³-hybridized carbons (Fsp3) is 0.615. The zero-order valence-electron chi connectivity index (χ0n) is 10.8. The Morgan fingerprint density at radius 1 is 1.11 bits per heavy atom. The zero-order chi connectivity index (χ0) is 13.9. The van der Waals surface area contributed by atoms with E-state index in [-0.39, 0.29) is 11.9 Å². The number of hydrogen-bond acceptors (Lipinski definition) is 3. The van der Waals surface area contributed by atoms with Crippen LogP contribution in [0.15, 0.2) is 12.1 Å². The summed E-state index contributed by atoms with van der Waals surface area (Å²) in [5, 5.41) is 5.78. The Balaban J connectivity index is 2.19. The summed E-state index contributed by atoms with van der Waals surface area (Å²) in [4.78, 5) is 4.14. The summed E-state index contributed by atoms with van der Waals surface area (Å²) in [6.07, 6.45) is 1.08. The topological polar surface area (TPSA) is 37.0 Å². The highest BCUT2D eigenvalue weighted by molar-refractivity contribution is 5.50. The Kier molecular flexibility index (Phi) is 4.17. The van der Waals surface area contributed by atoms with Crippen LogP contribution in [0.2, 0.25) is 0 Å². The number of hydrogen-bond donors (Lipinski definition) is 2. The molecule has 0 radical (unpaired) electrons. The molecule has 0 amide bonds. The standard InChI is InChI=1S/C13H18F3N3/c1-17-11-7-9(13(14,15)16)8-12(19-11)18-10-5-3-2-4-6-10/h7-8,10H,2-6H2,1H3,(H2,17,18,19). The summed E-state index contributed by atoms with van der Waals surface area (Å²) >= 11 is 0. The second-order valence-electron chi connectivity index (χ2n) is 4.85. The molecule has 2 N–H and O–H groups in total. The molecule has 3 nitrogen and oxygen atoms in total. The number of aromatic nitrogens is 1. The summed E-state index contributed by atoms with van der Waals surface area (Å²) in [6.45, 7) is 0. The van der Waals surface area contributed by atoms with Crippen LogP contribution in [-0.2, 0) is 6.18 Å². The molecule has 2 rings (SSSR count). The molecule has 1 saturated carbocycles. The molecule has 1 heterocycles. The van der Waals surface area contributed by atoms with Crippen LogP contribution in [-0.4, -0.2) is 18.1 Å². The van der Waals surface area contributed by atoms with Gasteiger partial charge in [-0.1, -0.05) is 19.3 Å². The summed E-state index contributed by atoms with van der Waals surface area (Å²) in [5.74, 6) is 0.527. The number of anilines is 2. The third-order valence-corrected chi connectivity index (χ3v) is 3.37. The van der Waals surface area contributed by atoms with E-state index in [0.717, 1.165) is 37.8 Å². The first-order valence-electron chi connectivity index (χ1n) is 6.52. The highest BCUT2D eigenvalue weighted by Crippen LogP contribution is 2.32. The van der Waals surface area contributed by atoms with Crippen molar-refractivity contribution in [3.8, 4) is 0 Å². The maximum absolute atomic E-state index is 12.8. The maximum Gasteiger partial charge on any atom is 0.416 e. The molecule has 0 saturated heterocycles. The van der Waals surface area contributed by atoms with Crippen molar-refractivity contribution < 1.29 is 13.2 Å². The van der Waals surface area contributed by atoms with Gasteiger partial charge in [-0.25, -0.2) is 4.98 Å². The molecule has 0 atom stereocenters. The van der Waals surface area contributed by atoms with Crippen molar-refractivity contribution in [2.75, 3.05) is 17.7 Å².